The van der Waals surface area contributed by atoms with Crippen molar-refractivity contribution in [2.45, 2.75) is 52.4 Å². The number of hydrogen-bond donors (Lipinski definition) is 0. The highest BCUT2D eigenvalue weighted by atomic mass is 19.1. The predicted octanol–water partition coefficient (Wildman–Crippen LogP) is 10.7. The Labute approximate surface area is 231 Å². The van der Waals surface area contributed by atoms with Crippen LogP contribution < -0.4 is 4.90 Å². The van der Waals surface area contributed by atoms with Gasteiger partial charge in [-0.05, 0) is 80.3 Å². The first kappa shape index (κ1) is 25.4. The summed E-state index contributed by atoms with van der Waals surface area (Å²) in [4.78, 5) is 2.30. The van der Waals surface area contributed by atoms with Crippen molar-refractivity contribution >= 4 is 27.8 Å². The molecule has 6 rings (SSSR count). The van der Waals surface area contributed by atoms with E-state index < -0.39 is 0 Å². The molecule has 5 aromatic rings. The Morgan fingerprint density at radius 2 is 1.10 bits per heavy atom. The van der Waals surface area contributed by atoms with Crippen LogP contribution in [0.2, 0.25) is 0 Å². The van der Waals surface area contributed by atoms with Gasteiger partial charge in [-0.2, -0.15) is 0 Å². The summed E-state index contributed by atoms with van der Waals surface area (Å²) in [6.45, 7) is 13.5. The Kier molecular flexibility index (Phi) is 5.73. The third-order valence-electron chi connectivity index (χ3n) is 10.00. The second kappa shape index (κ2) is 8.81. The lowest BCUT2D eigenvalue weighted by Gasteiger charge is -2.44. The zero-order valence-electron chi connectivity index (χ0n) is 23.7. The molecule has 0 fully saturated rings. The van der Waals surface area contributed by atoms with Gasteiger partial charge in [0, 0.05) is 16.8 Å². The summed E-state index contributed by atoms with van der Waals surface area (Å²) < 4.78 is 16.1. The fourth-order valence-corrected chi connectivity index (χ4v) is 6.63. The van der Waals surface area contributed by atoms with E-state index in [4.69, 9.17) is 0 Å². The lowest BCUT2D eigenvalue weighted by Crippen LogP contribution is -2.42. The predicted molar refractivity (Wildman–Crippen MR) is 164 cm³/mol. The van der Waals surface area contributed by atoms with E-state index in [9.17, 15) is 0 Å². The summed E-state index contributed by atoms with van der Waals surface area (Å²) in [5.41, 5.74) is 6.71. The van der Waals surface area contributed by atoms with Crippen LogP contribution in [-0.4, -0.2) is 0 Å². The standard InChI is InChI=1S/C37H36FN/c1-35(2)31-23-25(24-32(38)34(31)36(3,4)37(35,5)6)28-21-22-33(30-20-14-13-19-29(28)30)39(26-15-9-7-10-16-26)27-17-11-8-12-18-27/h7-24H,1-6H3. The second-order valence-electron chi connectivity index (χ2n) is 12.4. The van der Waals surface area contributed by atoms with Crippen LogP contribution in [0.3, 0.4) is 0 Å². The average molecular weight is 514 g/mol. The molecule has 0 saturated heterocycles. The quantitative estimate of drug-likeness (QED) is 0.231. The van der Waals surface area contributed by atoms with Crippen molar-refractivity contribution in [1.29, 1.82) is 0 Å². The maximum atomic E-state index is 16.1. The van der Waals surface area contributed by atoms with Crippen molar-refractivity contribution in [3.63, 3.8) is 0 Å². The molecule has 1 aliphatic rings. The summed E-state index contributed by atoms with van der Waals surface area (Å²) in [7, 11) is 0. The first-order valence-corrected chi connectivity index (χ1v) is 13.8. The highest BCUT2D eigenvalue weighted by Crippen LogP contribution is 2.62. The van der Waals surface area contributed by atoms with Crippen LogP contribution in [0, 0.1) is 11.2 Å². The minimum atomic E-state index is -0.272. The van der Waals surface area contributed by atoms with E-state index >= 15 is 4.39 Å². The lowest BCUT2D eigenvalue weighted by molar-refractivity contribution is 0.123. The molecule has 0 spiro atoms. The molecular formula is C37H36FN. The first-order valence-electron chi connectivity index (χ1n) is 13.8. The molecule has 0 atom stereocenters. The average Bonchev–Trinajstić information content (AvgIpc) is 3.04. The monoisotopic (exact) mass is 513 g/mol. The van der Waals surface area contributed by atoms with Gasteiger partial charge >= 0.3 is 0 Å². The zero-order valence-corrected chi connectivity index (χ0v) is 23.7. The second-order valence-corrected chi connectivity index (χ2v) is 12.4. The number of rotatable bonds is 4. The van der Waals surface area contributed by atoms with Crippen LogP contribution in [0.25, 0.3) is 21.9 Å². The molecule has 1 nitrogen and oxygen atoms in total. The van der Waals surface area contributed by atoms with Crippen molar-refractivity contribution in [1.82, 2.24) is 0 Å². The fraction of sp³-hybridized carbons (Fsp3) is 0.243. The topological polar surface area (TPSA) is 3.24 Å². The van der Waals surface area contributed by atoms with E-state index in [1.807, 2.05) is 12.1 Å². The summed E-state index contributed by atoms with van der Waals surface area (Å²) in [6.07, 6.45) is 0. The van der Waals surface area contributed by atoms with Crippen LogP contribution >= 0.6 is 0 Å². The molecule has 39 heavy (non-hydrogen) atoms. The van der Waals surface area contributed by atoms with Gasteiger partial charge < -0.3 is 4.90 Å². The van der Waals surface area contributed by atoms with Crippen LogP contribution in [0.4, 0.5) is 21.5 Å². The van der Waals surface area contributed by atoms with Crippen molar-refractivity contribution in [3.8, 4) is 11.1 Å². The molecule has 0 unspecified atom stereocenters. The first-order chi connectivity index (χ1) is 18.6. The van der Waals surface area contributed by atoms with E-state index in [0.717, 1.165) is 50.1 Å². The number of hydrogen-bond acceptors (Lipinski definition) is 1. The number of halogens is 1. The molecule has 5 aromatic carbocycles. The van der Waals surface area contributed by atoms with Crippen molar-refractivity contribution in [2.24, 2.45) is 5.41 Å². The van der Waals surface area contributed by atoms with Gasteiger partial charge in [-0.15, -0.1) is 0 Å². The van der Waals surface area contributed by atoms with Crippen molar-refractivity contribution in [2.75, 3.05) is 4.90 Å². The normalized spacial score (nSPS) is 16.7. The van der Waals surface area contributed by atoms with Crippen LogP contribution in [-0.2, 0) is 10.8 Å². The van der Waals surface area contributed by atoms with E-state index in [2.05, 4.69) is 137 Å². The van der Waals surface area contributed by atoms with Gasteiger partial charge in [0.25, 0.3) is 0 Å². The van der Waals surface area contributed by atoms with Gasteiger partial charge in [-0.25, -0.2) is 4.39 Å². The largest absolute Gasteiger partial charge is 0.310 e. The van der Waals surface area contributed by atoms with E-state index in [0.29, 0.717) is 0 Å². The number of fused-ring (bicyclic) bond motifs is 2. The number of anilines is 3. The molecule has 1 aliphatic carbocycles. The Morgan fingerprint density at radius 3 is 1.69 bits per heavy atom. The third-order valence-corrected chi connectivity index (χ3v) is 10.00. The highest BCUT2D eigenvalue weighted by molar-refractivity contribution is 6.06. The molecule has 0 aliphatic heterocycles. The highest BCUT2D eigenvalue weighted by Gasteiger charge is 2.58. The summed E-state index contributed by atoms with van der Waals surface area (Å²) in [5, 5.41) is 2.24. The Balaban J connectivity index is 1.58. The maximum absolute atomic E-state index is 16.1. The van der Waals surface area contributed by atoms with Gasteiger partial charge in [0.2, 0.25) is 0 Å². The van der Waals surface area contributed by atoms with Crippen molar-refractivity contribution in [3.05, 3.63) is 126 Å². The molecule has 0 aromatic heterocycles. The van der Waals surface area contributed by atoms with Crippen LogP contribution in [0.15, 0.2) is 109 Å². The van der Waals surface area contributed by atoms with E-state index in [1.165, 1.54) is 0 Å². The maximum Gasteiger partial charge on any atom is 0.127 e. The molecule has 0 bridgehead atoms. The molecule has 0 heterocycles. The van der Waals surface area contributed by atoms with Crippen molar-refractivity contribution < 1.29 is 4.39 Å². The van der Waals surface area contributed by atoms with Gasteiger partial charge in [-0.3, -0.25) is 0 Å². The molecule has 0 radical (unpaired) electrons. The summed E-state index contributed by atoms with van der Waals surface area (Å²) in [6, 6.07) is 37.8. The van der Waals surface area contributed by atoms with Crippen LogP contribution in [0.5, 0.6) is 0 Å². The lowest BCUT2D eigenvalue weighted by atomic mass is 9.59. The van der Waals surface area contributed by atoms with E-state index in [-0.39, 0.29) is 22.1 Å². The molecule has 0 N–H and O–H groups in total. The third kappa shape index (κ3) is 3.65. The molecule has 2 heteroatoms. The smallest absolute Gasteiger partial charge is 0.127 e. The van der Waals surface area contributed by atoms with Gasteiger partial charge in [0.05, 0.1) is 5.69 Å². The number of benzene rings is 5. The van der Waals surface area contributed by atoms with Gasteiger partial charge in [0.1, 0.15) is 5.82 Å². The molecule has 0 amide bonds. The fourth-order valence-electron chi connectivity index (χ4n) is 6.63. The number of nitrogens with zero attached hydrogens (tertiary/aromatic N) is 1. The summed E-state index contributed by atoms with van der Waals surface area (Å²) >= 11 is 0. The number of para-hydroxylation sites is 2. The summed E-state index contributed by atoms with van der Waals surface area (Å²) in [5.74, 6) is -0.102. The Bertz CT molecular complexity index is 1640. The van der Waals surface area contributed by atoms with Crippen LogP contribution in [0.1, 0.15) is 52.7 Å². The minimum absolute atomic E-state index is 0.0976. The van der Waals surface area contributed by atoms with Gasteiger partial charge in [-0.1, -0.05) is 114 Å². The molecule has 196 valence electrons. The SMILES string of the molecule is CC1(C)c2cc(-c3ccc(N(c4ccccc4)c4ccccc4)c4ccccc34)cc(F)c2C(C)(C)C1(C)C. The van der Waals surface area contributed by atoms with Gasteiger partial charge in [0.15, 0.2) is 0 Å². The Hall–Kier alpha value is -3.91. The van der Waals surface area contributed by atoms with E-state index in [1.54, 1.807) is 6.07 Å². The molecule has 0 saturated carbocycles. The molecular weight excluding hydrogens is 477 g/mol. The zero-order chi connectivity index (χ0) is 27.6. The minimum Gasteiger partial charge on any atom is -0.310 e. The Morgan fingerprint density at radius 1 is 0.564 bits per heavy atom.